The van der Waals surface area contributed by atoms with Crippen molar-refractivity contribution in [1.29, 1.82) is 0 Å². The van der Waals surface area contributed by atoms with Crippen LogP contribution < -0.4 is 4.74 Å². The van der Waals surface area contributed by atoms with Gasteiger partial charge in [-0.1, -0.05) is 42.5 Å². The first-order chi connectivity index (χ1) is 8.40. The number of nitrogens with zero attached hydrogens (tertiary/aromatic N) is 1. The first kappa shape index (κ1) is 9.90. The summed E-state index contributed by atoms with van der Waals surface area (Å²) in [5.41, 5.74) is 1.68. The quantitative estimate of drug-likeness (QED) is 0.670. The van der Waals surface area contributed by atoms with E-state index in [0.717, 1.165) is 16.3 Å². The molecule has 0 spiro atoms. The van der Waals surface area contributed by atoms with Crippen molar-refractivity contribution in [3.63, 3.8) is 0 Å². The highest BCUT2D eigenvalue weighted by atomic mass is 16.6. The molecule has 0 bridgehead atoms. The van der Waals surface area contributed by atoms with Gasteiger partial charge in [-0.2, -0.15) is 0 Å². The molecule has 0 aliphatic carbocycles. The van der Waals surface area contributed by atoms with E-state index >= 15 is 0 Å². The van der Waals surface area contributed by atoms with Gasteiger partial charge >= 0.3 is 5.95 Å². The number of hydrogen-bond donors (Lipinski definition) is 0. The fraction of sp³-hybridized carbons (Fsp3) is 0.0714. The molecule has 0 amide bonds. The van der Waals surface area contributed by atoms with Crippen molar-refractivity contribution in [2.45, 2.75) is 0 Å². The van der Waals surface area contributed by atoms with Crippen LogP contribution in [-0.4, -0.2) is 12.1 Å². The molecular weight excluding hydrogens is 214 g/mol. The molecule has 3 nitrogen and oxygen atoms in total. The molecule has 1 aromatic heterocycles. The number of aromatic nitrogens is 1. The molecule has 0 aliphatic rings. The highest BCUT2D eigenvalue weighted by Crippen LogP contribution is 2.33. The van der Waals surface area contributed by atoms with Crippen LogP contribution in [0.3, 0.4) is 0 Å². The summed E-state index contributed by atoms with van der Waals surface area (Å²) < 4.78 is 10.2. The number of rotatable bonds is 2. The van der Waals surface area contributed by atoms with Crippen LogP contribution in [0.4, 0.5) is 0 Å². The van der Waals surface area contributed by atoms with Crippen LogP contribution in [0.5, 0.6) is 5.95 Å². The Morgan fingerprint density at radius 3 is 2.82 bits per heavy atom. The normalized spacial score (nSPS) is 10.6. The van der Waals surface area contributed by atoms with Gasteiger partial charge < -0.3 is 9.15 Å². The molecule has 0 saturated carbocycles. The molecule has 0 aliphatic heterocycles. The van der Waals surface area contributed by atoms with Crippen LogP contribution in [0, 0.1) is 6.39 Å². The van der Waals surface area contributed by atoms with Crippen LogP contribution in [0.15, 0.2) is 46.9 Å². The van der Waals surface area contributed by atoms with Crippen LogP contribution in [0.2, 0.25) is 0 Å². The SMILES string of the molecule is COc1o[c]nc1-c1cccc2ccccc12. The molecule has 0 saturated heterocycles. The molecule has 0 unspecified atom stereocenters. The Labute approximate surface area is 98.7 Å². The Bertz CT molecular complexity index is 653. The van der Waals surface area contributed by atoms with Gasteiger partial charge in [0.05, 0.1) is 7.11 Å². The van der Waals surface area contributed by atoms with E-state index < -0.39 is 0 Å². The standard InChI is InChI=1S/C14H10NO2/c1-16-14-13(15-9-17-14)12-8-4-6-10-5-2-3-7-11(10)12/h2-8H,1H3. The Hall–Kier alpha value is -2.29. The molecule has 1 radical (unpaired) electrons. The van der Waals surface area contributed by atoms with E-state index in [1.807, 2.05) is 24.3 Å². The smallest absolute Gasteiger partial charge is 0.313 e. The Balaban J connectivity index is 2.31. The van der Waals surface area contributed by atoms with E-state index in [-0.39, 0.29) is 0 Å². The Morgan fingerprint density at radius 1 is 1.12 bits per heavy atom. The van der Waals surface area contributed by atoms with E-state index in [9.17, 15) is 0 Å². The van der Waals surface area contributed by atoms with Crippen molar-refractivity contribution >= 4 is 10.8 Å². The molecule has 1 heterocycles. The lowest BCUT2D eigenvalue weighted by Crippen LogP contribution is -1.86. The van der Waals surface area contributed by atoms with Crippen LogP contribution in [0.1, 0.15) is 0 Å². The predicted molar refractivity (Wildman–Crippen MR) is 64.8 cm³/mol. The predicted octanol–water partition coefficient (Wildman–Crippen LogP) is 3.30. The summed E-state index contributed by atoms with van der Waals surface area (Å²) in [6, 6.07) is 14.2. The molecule has 83 valence electrons. The Kier molecular flexibility index (Phi) is 2.29. The van der Waals surface area contributed by atoms with Gasteiger partial charge in [-0.15, -0.1) is 0 Å². The average molecular weight is 224 g/mol. The van der Waals surface area contributed by atoms with Gasteiger partial charge in [-0.25, -0.2) is 4.98 Å². The first-order valence-corrected chi connectivity index (χ1v) is 5.29. The maximum Gasteiger partial charge on any atom is 0.313 e. The first-order valence-electron chi connectivity index (χ1n) is 5.29. The number of methoxy groups -OCH3 is 1. The summed E-state index contributed by atoms with van der Waals surface area (Å²) in [4.78, 5) is 4.09. The van der Waals surface area contributed by atoms with E-state index in [2.05, 4.69) is 29.6 Å². The zero-order valence-electron chi connectivity index (χ0n) is 9.31. The second kappa shape index (κ2) is 3.94. The number of oxazole rings is 1. The minimum absolute atomic E-state index is 0.390. The van der Waals surface area contributed by atoms with E-state index in [0.29, 0.717) is 11.6 Å². The van der Waals surface area contributed by atoms with Gasteiger partial charge in [0.25, 0.3) is 6.39 Å². The summed E-state index contributed by atoms with van der Waals surface area (Å²) in [6.07, 6.45) is 2.46. The summed E-state index contributed by atoms with van der Waals surface area (Å²) in [6.45, 7) is 0. The molecular formula is C14H10NO2. The topological polar surface area (TPSA) is 35.3 Å². The zero-order valence-corrected chi connectivity index (χ0v) is 9.31. The molecule has 0 N–H and O–H groups in total. The number of ether oxygens (including phenoxy) is 1. The van der Waals surface area contributed by atoms with Crippen molar-refractivity contribution in [2.75, 3.05) is 7.11 Å². The van der Waals surface area contributed by atoms with Gasteiger partial charge in [-0.3, -0.25) is 0 Å². The third-order valence-electron chi connectivity index (χ3n) is 2.72. The molecule has 0 atom stereocenters. The van der Waals surface area contributed by atoms with E-state index in [1.54, 1.807) is 7.11 Å². The highest BCUT2D eigenvalue weighted by Gasteiger charge is 2.13. The lowest BCUT2D eigenvalue weighted by molar-refractivity contribution is 0.304. The fourth-order valence-corrected chi connectivity index (χ4v) is 1.94. The van der Waals surface area contributed by atoms with Crippen molar-refractivity contribution in [1.82, 2.24) is 4.98 Å². The average Bonchev–Trinajstić information content (AvgIpc) is 2.86. The molecule has 17 heavy (non-hydrogen) atoms. The van der Waals surface area contributed by atoms with E-state index in [1.165, 1.54) is 0 Å². The summed E-state index contributed by atoms with van der Waals surface area (Å²) in [5, 5.41) is 2.28. The molecule has 3 heteroatoms. The second-order valence-corrected chi connectivity index (χ2v) is 3.67. The summed E-state index contributed by atoms with van der Waals surface area (Å²) >= 11 is 0. The molecule has 3 aromatic rings. The number of fused-ring (bicyclic) bond motifs is 1. The van der Waals surface area contributed by atoms with Gasteiger partial charge in [-0.05, 0) is 10.8 Å². The monoisotopic (exact) mass is 224 g/mol. The van der Waals surface area contributed by atoms with Crippen molar-refractivity contribution in [3.8, 4) is 17.2 Å². The second-order valence-electron chi connectivity index (χ2n) is 3.67. The van der Waals surface area contributed by atoms with E-state index in [4.69, 9.17) is 9.15 Å². The summed E-state index contributed by atoms with van der Waals surface area (Å²) in [5.74, 6) is 0.390. The van der Waals surface area contributed by atoms with Crippen LogP contribution in [-0.2, 0) is 0 Å². The maximum absolute atomic E-state index is 5.13. The maximum atomic E-state index is 5.13. The van der Waals surface area contributed by atoms with Gasteiger partial charge in [0.2, 0.25) is 0 Å². The van der Waals surface area contributed by atoms with Crippen molar-refractivity contribution in [3.05, 3.63) is 48.9 Å². The fourth-order valence-electron chi connectivity index (χ4n) is 1.94. The number of benzene rings is 2. The van der Waals surface area contributed by atoms with Gasteiger partial charge in [0.1, 0.15) is 0 Å². The summed E-state index contributed by atoms with van der Waals surface area (Å²) in [7, 11) is 1.56. The molecule has 0 fully saturated rings. The largest absolute Gasteiger partial charge is 0.467 e. The lowest BCUT2D eigenvalue weighted by atomic mass is 10.0. The molecule has 2 aromatic carbocycles. The third-order valence-corrected chi connectivity index (χ3v) is 2.72. The van der Waals surface area contributed by atoms with Crippen molar-refractivity contribution in [2.24, 2.45) is 0 Å². The highest BCUT2D eigenvalue weighted by molar-refractivity contribution is 5.96. The van der Waals surface area contributed by atoms with Gasteiger partial charge in [0.15, 0.2) is 5.69 Å². The molecule has 3 rings (SSSR count). The Morgan fingerprint density at radius 2 is 1.94 bits per heavy atom. The minimum Gasteiger partial charge on any atom is -0.467 e. The van der Waals surface area contributed by atoms with Crippen LogP contribution in [0.25, 0.3) is 22.0 Å². The zero-order chi connectivity index (χ0) is 11.7. The van der Waals surface area contributed by atoms with Crippen LogP contribution >= 0.6 is 0 Å². The third kappa shape index (κ3) is 1.56. The van der Waals surface area contributed by atoms with Crippen molar-refractivity contribution < 1.29 is 9.15 Å². The van der Waals surface area contributed by atoms with Gasteiger partial charge in [0, 0.05) is 5.56 Å². The number of hydrogen-bond acceptors (Lipinski definition) is 3. The minimum atomic E-state index is 0.390. The lowest BCUT2D eigenvalue weighted by Gasteiger charge is -2.04.